The van der Waals surface area contributed by atoms with Crippen LogP contribution in [0.5, 0.6) is 0 Å². The van der Waals surface area contributed by atoms with Gasteiger partial charge in [0.25, 0.3) is 0 Å². The number of benzene rings is 1. The molecule has 1 aromatic carbocycles. The van der Waals surface area contributed by atoms with Gasteiger partial charge in [-0.05, 0) is 42.9 Å². The van der Waals surface area contributed by atoms with Gasteiger partial charge in [-0.25, -0.2) is 4.68 Å². The minimum Gasteiger partial charge on any atom is -0.248 e. The Bertz CT molecular complexity index is 560. The lowest BCUT2D eigenvalue weighted by Crippen LogP contribution is -2.01. The molecular formula is C14H16BrN3. The molecule has 1 aromatic heterocycles. The zero-order valence-electron chi connectivity index (χ0n) is 10.4. The maximum Gasteiger partial charge on any atom is 0.0960 e. The lowest BCUT2D eigenvalue weighted by molar-refractivity contribution is 0.649. The van der Waals surface area contributed by atoms with Crippen LogP contribution in [0.2, 0.25) is 0 Å². The highest BCUT2D eigenvalue weighted by Gasteiger charge is 2.11. The molecule has 1 atom stereocenters. The van der Waals surface area contributed by atoms with Crippen molar-refractivity contribution in [1.82, 2.24) is 15.0 Å². The van der Waals surface area contributed by atoms with Crippen LogP contribution >= 0.6 is 15.9 Å². The quantitative estimate of drug-likeness (QED) is 0.815. The van der Waals surface area contributed by atoms with Gasteiger partial charge in [-0.2, -0.15) is 0 Å². The van der Waals surface area contributed by atoms with Crippen molar-refractivity contribution in [2.24, 2.45) is 0 Å². The summed E-state index contributed by atoms with van der Waals surface area (Å²) >= 11 is 3.51. The SMILES string of the molecule is CC(Br)c1cn(Cc2ccc3c(c2)CCC3)nn1. The van der Waals surface area contributed by atoms with E-state index in [0.717, 1.165) is 12.2 Å². The van der Waals surface area contributed by atoms with Crippen molar-refractivity contribution in [3.05, 3.63) is 46.8 Å². The van der Waals surface area contributed by atoms with Gasteiger partial charge in [0.05, 0.1) is 17.1 Å². The predicted octanol–water partition coefficient (Wildman–Crippen LogP) is 3.27. The minimum atomic E-state index is 0.256. The van der Waals surface area contributed by atoms with E-state index in [1.165, 1.54) is 36.0 Å². The van der Waals surface area contributed by atoms with Crippen molar-refractivity contribution in [1.29, 1.82) is 0 Å². The van der Waals surface area contributed by atoms with Crippen molar-refractivity contribution in [3.63, 3.8) is 0 Å². The van der Waals surface area contributed by atoms with Crippen molar-refractivity contribution in [2.75, 3.05) is 0 Å². The molecular weight excluding hydrogens is 290 g/mol. The zero-order chi connectivity index (χ0) is 12.5. The van der Waals surface area contributed by atoms with Crippen LogP contribution in [-0.2, 0) is 19.4 Å². The second-order valence-electron chi connectivity index (χ2n) is 4.91. The summed E-state index contributed by atoms with van der Waals surface area (Å²) in [4.78, 5) is 0.256. The van der Waals surface area contributed by atoms with Crippen LogP contribution in [0.25, 0.3) is 0 Å². The first kappa shape index (κ1) is 11.9. The number of aryl methyl sites for hydroxylation is 2. The number of alkyl halides is 1. The molecule has 1 heterocycles. The summed E-state index contributed by atoms with van der Waals surface area (Å²) in [6.07, 6.45) is 5.77. The molecule has 1 unspecified atom stereocenters. The Hall–Kier alpha value is -1.16. The molecule has 3 nitrogen and oxygen atoms in total. The van der Waals surface area contributed by atoms with Gasteiger partial charge < -0.3 is 0 Å². The molecule has 0 fully saturated rings. The molecule has 2 aromatic rings. The smallest absolute Gasteiger partial charge is 0.0960 e. The van der Waals surface area contributed by atoms with Crippen molar-refractivity contribution in [2.45, 2.75) is 37.6 Å². The van der Waals surface area contributed by atoms with Gasteiger partial charge in [-0.3, -0.25) is 0 Å². The Balaban J connectivity index is 1.79. The van der Waals surface area contributed by atoms with Crippen LogP contribution in [0.1, 0.15) is 40.6 Å². The summed E-state index contributed by atoms with van der Waals surface area (Å²) < 4.78 is 1.91. The molecule has 94 valence electrons. The highest BCUT2D eigenvalue weighted by molar-refractivity contribution is 9.09. The number of rotatable bonds is 3. The Morgan fingerprint density at radius 2 is 2.17 bits per heavy atom. The fraction of sp³-hybridized carbons (Fsp3) is 0.429. The molecule has 0 saturated carbocycles. The fourth-order valence-electron chi connectivity index (χ4n) is 2.48. The fourth-order valence-corrected chi connectivity index (χ4v) is 2.69. The van der Waals surface area contributed by atoms with E-state index in [4.69, 9.17) is 0 Å². The first-order valence-corrected chi connectivity index (χ1v) is 7.29. The van der Waals surface area contributed by atoms with Crippen molar-refractivity contribution < 1.29 is 0 Å². The first-order valence-electron chi connectivity index (χ1n) is 6.37. The average molecular weight is 306 g/mol. The maximum absolute atomic E-state index is 4.16. The summed E-state index contributed by atoms with van der Waals surface area (Å²) in [5, 5.41) is 8.31. The number of nitrogens with zero attached hydrogens (tertiary/aromatic N) is 3. The highest BCUT2D eigenvalue weighted by atomic mass is 79.9. The summed E-state index contributed by atoms with van der Waals surface area (Å²) in [7, 11) is 0. The Kier molecular flexibility index (Phi) is 3.20. The van der Waals surface area contributed by atoms with Crippen LogP contribution in [-0.4, -0.2) is 15.0 Å². The van der Waals surface area contributed by atoms with E-state index >= 15 is 0 Å². The summed E-state index contributed by atoms with van der Waals surface area (Å²) in [6.45, 7) is 2.86. The van der Waals surface area contributed by atoms with Crippen molar-refractivity contribution >= 4 is 15.9 Å². The Morgan fingerprint density at radius 1 is 1.33 bits per heavy atom. The average Bonchev–Trinajstić information content (AvgIpc) is 2.96. The van der Waals surface area contributed by atoms with Gasteiger partial charge >= 0.3 is 0 Å². The van der Waals surface area contributed by atoms with E-state index < -0.39 is 0 Å². The number of hydrogen-bond acceptors (Lipinski definition) is 2. The third kappa shape index (κ3) is 2.34. The highest BCUT2D eigenvalue weighted by Crippen LogP contribution is 2.23. The molecule has 3 rings (SSSR count). The van der Waals surface area contributed by atoms with E-state index in [2.05, 4.69) is 51.4 Å². The lowest BCUT2D eigenvalue weighted by atomic mass is 10.1. The molecule has 1 aliphatic carbocycles. The van der Waals surface area contributed by atoms with Crippen LogP contribution in [0, 0.1) is 0 Å². The van der Waals surface area contributed by atoms with Crippen LogP contribution in [0.4, 0.5) is 0 Å². The number of aromatic nitrogens is 3. The second-order valence-corrected chi connectivity index (χ2v) is 6.29. The van der Waals surface area contributed by atoms with Gasteiger partial charge in [0, 0.05) is 6.20 Å². The largest absolute Gasteiger partial charge is 0.248 e. The summed E-state index contributed by atoms with van der Waals surface area (Å²) in [5.41, 5.74) is 5.33. The molecule has 0 saturated heterocycles. The Morgan fingerprint density at radius 3 is 2.94 bits per heavy atom. The normalized spacial score (nSPS) is 15.7. The molecule has 1 aliphatic rings. The van der Waals surface area contributed by atoms with Crippen LogP contribution in [0.3, 0.4) is 0 Å². The van der Waals surface area contributed by atoms with Gasteiger partial charge in [-0.1, -0.05) is 39.3 Å². The number of halogens is 1. The monoisotopic (exact) mass is 305 g/mol. The summed E-state index contributed by atoms with van der Waals surface area (Å²) in [6, 6.07) is 6.80. The molecule has 4 heteroatoms. The third-order valence-corrected chi connectivity index (χ3v) is 3.94. The van der Waals surface area contributed by atoms with E-state index in [9.17, 15) is 0 Å². The van der Waals surface area contributed by atoms with E-state index in [0.29, 0.717) is 0 Å². The van der Waals surface area contributed by atoms with Gasteiger partial charge in [0.2, 0.25) is 0 Å². The first-order chi connectivity index (χ1) is 8.72. The topological polar surface area (TPSA) is 30.7 Å². The standard InChI is InChI=1S/C14H16BrN3/c1-10(15)14-9-18(17-16-14)8-11-5-6-12-3-2-4-13(12)7-11/h5-7,9-10H,2-4,8H2,1H3. The molecule has 0 bridgehead atoms. The van der Waals surface area contributed by atoms with E-state index in [-0.39, 0.29) is 4.83 Å². The molecule has 0 spiro atoms. The van der Waals surface area contributed by atoms with Gasteiger partial charge in [0.1, 0.15) is 0 Å². The van der Waals surface area contributed by atoms with Crippen LogP contribution in [0.15, 0.2) is 24.4 Å². The zero-order valence-corrected chi connectivity index (χ0v) is 12.0. The Labute approximate surface area is 115 Å². The summed E-state index contributed by atoms with van der Waals surface area (Å²) in [5.74, 6) is 0. The minimum absolute atomic E-state index is 0.256. The molecule has 0 aliphatic heterocycles. The molecule has 18 heavy (non-hydrogen) atoms. The van der Waals surface area contributed by atoms with Gasteiger partial charge in [0.15, 0.2) is 0 Å². The molecule has 0 amide bonds. The molecule has 0 N–H and O–H groups in total. The van der Waals surface area contributed by atoms with Gasteiger partial charge in [-0.15, -0.1) is 5.10 Å². The molecule has 0 radical (unpaired) electrons. The number of hydrogen-bond donors (Lipinski definition) is 0. The second kappa shape index (κ2) is 4.84. The predicted molar refractivity (Wildman–Crippen MR) is 74.9 cm³/mol. The third-order valence-electron chi connectivity index (χ3n) is 3.47. The number of fused-ring (bicyclic) bond motifs is 1. The maximum atomic E-state index is 4.16. The van der Waals surface area contributed by atoms with Crippen LogP contribution < -0.4 is 0 Å². The lowest BCUT2D eigenvalue weighted by Gasteiger charge is -2.04. The van der Waals surface area contributed by atoms with E-state index in [1.807, 2.05) is 10.9 Å². The van der Waals surface area contributed by atoms with Crippen molar-refractivity contribution in [3.8, 4) is 0 Å². The van der Waals surface area contributed by atoms with E-state index in [1.54, 1.807) is 0 Å².